The van der Waals surface area contributed by atoms with Gasteiger partial charge in [0, 0.05) is 29.5 Å². The number of aromatic nitrogens is 1. The van der Waals surface area contributed by atoms with Crippen LogP contribution in [-0.4, -0.2) is 35.9 Å². The van der Waals surface area contributed by atoms with Gasteiger partial charge in [-0.2, -0.15) is 13.2 Å². The van der Waals surface area contributed by atoms with Crippen molar-refractivity contribution in [1.82, 2.24) is 4.98 Å². The molecule has 1 aromatic heterocycles. The fourth-order valence-corrected chi connectivity index (χ4v) is 3.68. The molecule has 0 saturated carbocycles. The third kappa shape index (κ3) is 4.76. The number of alkyl halides is 3. The van der Waals surface area contributed by atoms with E-state index >= 15 is 4.39 Å². The molecule has 3 heterocycles. The van der Waals surface area contributed by atoms with E-state index in [-0.39, 0.29) is 24.1 Å². The molecule has 0 radical (unpaired) electrons. The van der Waals surface area contributed by atoms with Gasteiger partial charge in [-0.3, -0.25) is 9.88 Å². The molecule has 0 atom stereocenters. The number of amides is 2. The Labute approximate surface area is 196 Å². The second-order valence-corrected chi connectivity index (χ2v) is 8.81. The van der Waals surface area contributed by atoms with Crippen molar-refractivity contribution in [3.63, 3.8) is 0 Å². The highest BCUT2D eigenvalue weighted by Gasteiger charge is 2.52. The zero-order valence-electron chi connectivity index (χ0n) is 20.0. The Bertz CT molecular complexity index is 1060. The van der Waals surface area contributed by atoms with Crippen molar-refractivity contribution in [3.8, 4) is 0 Å². The van der Waals surface area contributed by atoms with Gasteiger partial charge >= 0.3 is 19.3 Å². The highest BCUT2D eigenvalue weighted by Crippen LogP contribution is 2.38. The van der Waals surface area contributed by atoms with Crippen molar-refractivity contribution in [2.75, 3.05) is 16.8 Å². The van der Waals surface area contributed by atoms with Crippen LogP contribution in [0.5, 0.6) is 0 Å². The first-order chi connectivity index (χ1) is 15.8. The standard InChI is InChI=1S/C21H22BF4N3O3.C2H6/c1-19(2)20(3,4)32-22(31-19)14-5-6-15-13(17(14)23)8-10-29(15)18(30)28-12-7-9-27-16(11-12)21(24,25)26;1-2/h5-7,9,11H,8,10H2,1-4H3,(H,27,28,30);1-2H3. The maximum atomic E-state index is 15.3. The lowest BCUT2D eigenvalue weighted by Crippen LogP contribution is -2.41. The van der Waals surface area contributed by atoms with E-state index in [0.717, 1.165) is 12.3 Å². The number of anilines is 2. The van der Waals surface area contributed by atoms with Gasteiger partial charge in [0.1, 0.15) is 11.5 Å². The summed E-state index contributed by atoms with van der Waals surface area (Å²) in [6.07, 6.45) is -3.41. The molecule has 11 heteroatoms. The highest BCUT2D eigenvalue weighted by molar-refractivity contribution is 6.62. The van der Waals surface area contributed by atoms with Gasteiger partial charge in [-0.05, 0) is 52.3 Å². The van der Waals surface area contributed by atoms with Gasteiger partial charge in [0.25, 0.3) is 0 Å². The highest BCUT2D eigenvalue weighted by atomic mass is 19.4. The van der Waals surface area contributed by atoms with E-state index in [1.54, 1.807) is 6.07 Å². The van der Waals surface area contributed by atoms with E-state index < -0.39 is 42.0 Å². The quantitative estimate of drug-likeness (QED) is 0.476. The van der Waals surface area contributed by atoms with Crippen LogP contribution in [-0.2, 0) is 21.9 Å². The zero-order valence-corrected chi connectivity index (χ0v) is 20.0. The molecule has 2 amide bonds. The molecule has 4 rings (SSSR count). The number of hydrogen-bond donors (Lipinski definition) is 1. The molecule has 6 nitrogen and oxygen atoms in total. The normalized spacial score (nSPS) is 18.3. The number of carbonyl (C=O) groups is 1. The molecule has 2 aliphatic heterocycles. The number of nitrogens with one attached hydrogen (secondary N) is 1. The Morgan fingerprint density at radius 3 is 2.32 bits per heavy atom. The number of pyridine rings is 1. The SMILES string of the molecule is CC.CC1(C)OB(c2ccc3c(c2F)CCN3C(=O)Nc2ccnc(C(F)(F)F)c2)OC1(C)C. The minimum atomic E-state index is -4.63. The molecule has 2 aliphatic rings. The summed E-state index contributed by atoms with van der Waals surface area (Å²) in [5.41, 5.74) is -1.50. The van der Waals surface area contributed by atoms with E-state index in [1.165, 1.54) is 17.0 Å². The number of fused-ring (bicyclic) bond motifs is 1. The van der Waals surface area contributed by atoms with Gasteiger partial charge in [-0.25, -0.2) is 9.18 Å². The van der Waals surface area contributed by atoms with Crippen molar-refractivity contribution in [1.29, 1.82) is 0 Å². The van der Waals surface area contributed by atoms with Crippen LogP contribution >= 0.6 is 0 Å². The topological polar surface area (TPSA) is 63.7 Å². The Kier molecular flexibility index (Phi) is 7.01. The lowest BCUT2D eigenvalue weighted by Gasteiger charge is -2.32. The minimum Gasteiger partial charge on any atom is -0.399 e. The fourth-order valence-electron chi connectivity index (χ4n) is 3.68. The van der Waals surface area contributed by atoms with Crippen molar-refractivity contribution in [2.45, 2.75) is 65.3 Å². The van der Waals surface area contributed by atoms with Crippen LogP contribution in [0.4, 0.5) is 33.7 Å². The Hall–Kier alpha value is -2.66. The van der Waals surface area contributed by atoms with Gasteiger partial charge in [0.2, 0.25) is 0 Å². The van der Waals surface area contributed by atoms with Crippen molar-refractivity contribution in [2.24, 2.45) is 0 Å². The zero-order chi connectivity index (χ0) is 25.5. The summed E-state index contributed by atoms with van der Waals surface area (Å²) < 4.78 is 65.8. The summed E-state index contributed by atoms with van der Waals surface area (Å²) in [7, 11) is -0.884. The monoisotopic (exact) mass is 481 g/mol. The van der Waals surface area contributed by atoms with Crippen molar-refractivity contribution in [3.05, 3.63) is 47.5 Å². The van der Waals surface area contributed by atoms with Gasteiger partial charge < -0.3 is 14.6 Å². The molecule has 1 aromatic carbocycles. The Balaban J connectivity index is 0.00000158. The molecular formula is C23H28BF4N3O3. The van der Waals surface area contributed by atoms with Crippen molar-refractivity contribution < 1.29 is 31.7 Å². The number of rotatable bonds is 2. The second kappa shape index (κ2) is 9.18. The van der Waals surface area contributed by atoms with Crippen LogP contribution in [0.2, 0.25) is 0 Å². The maximum absolute atomic E-state index is 15.3. The number of benzene rings is 1. The third-order valence-electron chi connectivity index (χ3n) is 6.18. The summed E-state index contributed by atoms with van der Waals surface area (Å²) in [6.45, 7) is 11.7. The summed E-state index contributed by atoms with van der Waals surface area (Å²) in [5, 5.41) is 2.42. The molecule has 1 N–H and O–H groups in total. The maximum Gasteiger partial charge on any atom is 0.497 e. The predicted molar refractivity (Wildman–Crippen MR) is 123 cm³/mol. The fraction of sp³-hybridized carbons (Fsp3) is 0.478. The van der Waals surface area contributed by atoms with Gasteiger partial charge in [-0.15, -0.1) is 0 Å². The summed E-state index contributed by atoms with van der Waals surface area (Å²) in [5.74, 6) is -0.514. The molecule has 34 heavy (non-hydrogen) atoms. The van der Waals surface area contributed by atoms with Crippen LogP contribution in [0.1, 0.15) is 52.8 Å². The average Bonchev–Trinajstić information content (AvgIpc) is 3.28. The van der Waals surface area contributed by atoms with E-state index in [2.05, 4.69) is 10.3 Å². The van der Waals surface area contributed by atoms with E-state index in [0.29, 0.717) is 11.3 Å². The number of carbonyl (C=O) groups excluding carboxylic acids is 1. The number of hydrogen-bond acceptors (Lipinski definition) is 4. The summed E-state index contributed by atoms with van der Waals surface area (Å²) in [4.78, 5) is 17.3. The van der Waals surface area contributed by atoms with Gasteiger partial charge in [0.15, 0.2) is 0 Å². The first kappa shape index (κ1) is 26.0. The second-order valence-electron chi connectivity index (χ2n) is 8.81. The molecule has 1 fully saturated rings. The Morgan fingerprint density at radius 2 is 1.74 bits per heavy atom. The minimum absolute atomic E-state index is 0.0555. The van der Waals surface area contributed by atoms with E-state index in [1.807, 2.05) is 41.5 Å². The molecular weight excluding hydrogens is 453 g/mol. The van der Waals surface area contributed by atoms with E-state index in [4.69, 9.17) is 9.31 Å². The summed E-state index contributed by atoms with van der Waals surface area (Å²) in [6, 6.07) is 4.45. The third-order valence-corrected chi connectivity index (χ3v) is 6.18. The van der Waals surface area contributed by atoms with Gasteiger partial charge in [-0.1, -0.05) is 19.9 Å². The molecule has 0 aliphatic carbocycles. The molecule has 0 unspecified atom stereocenters. The largest absolute Gasteiger partial charge is 0.497 e. The molecule has 0 spiro atoms. The predicted octanol–water partition coefficient (Wildman–Crippen LogP) is 5.16. The number of halogens is 4. The molecule has 1 saturated heterocycles. The Morgan fingerprint density at radius 1 is 1.12 bits per heavy atom. The van der Waals surface area contributed by atoms with Crippen LogP contribution in [0, 0.1) is 5.82 Å². The van der Waals surface area contributed by atoms with Crippen LogP contribution in [0.3, 0.4) is 0 Å². The first-order valence-corrected chi connectivity index (χ1v) is 11.1. The lowest BCUT2D eigenvalue weighted by atomic mass is 9.77. The molecule has 2 aromatic rings. The van der Waals surface area contributed by atoms with Crippen LogP contribution in [0.25, 0.3) is 0 Å². The van der Waals surface area contributed by atoms with Gasteiger partial charge in [0.05, 0.1) is 16.9 Å². The van der Waals surface area contributed by atoms with Crippen LogP contribution in [0.15, 0.2) is 30.5 Å². The van der Waals surface area contributed by atoms with Crippen molar-refractivity contribution >= 4 is 30.0 Å². The van der Waals surface area contributed by atoms with Crippen LogP contribution < -0.4 is 15.7 Å². The smallest absolute Gasteiger partial charge is 0.399 e. The number of urea groups is 1. The number of nitrogens with zero attached hydrogens (tertiary/aromatic N) is 2. The molecule has 184 valence electrons. The first-order valence-electron chi connectivity index (χ1n) is 11.1. The molecule has 0 bridgehead atoms. The van der Waals surface area contributed by atoms with E-state index in [9.17, 15) is 18.0 Å². The lowest BCUT2D eigenvalue weighted by molar-refractivity contribution is -0.141. The summed E-state index contributed by atoms with van der Waals surface area (Å²) >= 11 is 0. The average molecular weight is 481 g/mol.